The number of dihydropyridines is 1. The lowest BCUT2D eigenvalue weighted by atomic mass is 9.81. The number of likely N-dealkylation sites (N-methyl/N-ethyl adjacent to an activating group) is 1. The molecule has 1 heterocycles. The molecule has 176 valence electrons. The Labute approximate surface area is 193 Å². The largest absolute Gasteiger partial charge is 0.461 e. The van der Waals surface area contributed by atoms with Crippen molar-refractivity contribution >= 4 is 18.1 Å². The van der Waals surface area contributed by atoms with Gasteiger partial charge in [-0.2, -0.15) is 5.26 Å². The minimum Gasteiger partial charge on any atom is -0.461 e. The van der Waals surface area contributed by atoms with Crippen molar-refractivity contribution in [3.05, 3.63) is 62.6 Å². The second kappa shape index (κ2) is 12.4. The van der Waals surface area contributed by atoms with E-state index in [0.717, 1.165) is 24.9 Å². The zero-order valence-corrected chi connectivity index (χ0v) is 19.3. The predicted molar refractivity (Wildman–Crippen MR) is 122 cm³/mol. The minimum atomic E-state index is -0.644. The van der Waals surface area contributed by atoms with E-state index < -0.39 is 16.8 Å². The fourth-order valence-electron chi connectivity index (χ4n) is 3.95. The van der Waals surface area contributed by atoms with Crippen molar-refractivity contribution in [1.29, 1.82) is 5.26 Å². The topological polar surface area (TPSA) is 126 Å². The van der Waals surface area contributed by atoms with Crippen molar-refractivity contribution in [3.8, 4) is 6.07 Å². The molecule has 1 aliphatic rings. The van der Waals surface area contributed by atoms with E-state index in [1.165, 1.54) is 12.1 Å². The number of carbonyl (C=O) groups excluding carboxylic acids is 2. The molecule has 1 N–H and O–H groups in total. The minimum absolute atomic E-state index is 0.0444. The van der Waals surface area contributed by atoms with Gasteiger partial charge in [0.1, 0.15) is 6.61 Å². The molecule has 0 aliphatic carbocycles. The molecule has 9 heteroatoms. The number of non-ortho nitro benzene ring substituents is 1. The summed E-state index contributed by atoms with van der Waals surface area (Å²) in [7, 11) is 0. The van der Waals surface area contributed by atoms with E-state index in [9.17, 15) is 19.7 Å². The molecule has 0 bridgehead atoms. The monoisotopic (exact) mass is 454 g/mol. The number of nitriles is 1. The summed E-state index contributed by atoms with van der Waals surface area (Å²) in [4.78, 5) is 37.5. The molecule has 0 spiro atoms. The molecular formula is C24H30N4O5. The van der Waals surface area contributed by atoms with Crippen LogP contribution in [0.4, 0.5) is 5.69 Å². The first kappa shape index (κ1) is 25.6. The van der Waals surface area contributed by atoms with Crippen molar-refractivity contribution in [2.24, 2.45) is 0 Å². The number of nitrogens with one attached hydrogen (secondary N) is 1. The summed E-state index contributed by atoms with van der Waals surface area (Å²) in [6.07, 6.45) is 3.62. The van der Waals surface area contributed by atoms with E-state index >= 15 is 0 Å². The van der Waals surface area contributed by atoms with Gasteiger partial charge in [0.25, 0.3) is 5.69 Å². The Morgan fingerprint density at radius 3 is 2.36 bits per heavy atom. The van der Waals surface area contributed by atoms with Crippen LogP contribution in [0.2, 0.25) is 0 Å². The van der Waals surface area contributed by atoms with Crippen LogP contribution in [0.5, 0.6) is 0 Å². The van der Waals surface area contributed by atoms with Gasteiger partial charge in [-0.15, -0.1) is 0 Å². The first-order valence-corrected chi connectivity index (χ1v) is 11.2. The third kappa shape index (κ3) is 5.98. The normalized spacial score (nSPS) is 15.5. The number of rotatable bonds is 12. The molecule has 0 radical (unpaired) electrons. The quantitative estimate of drug-likeness (QED) is 0.164. The van der Waals surface area contributed by atoms with Crippen molar-refractivity contribution in [2.45, 2.75) is 58.8 Å². The molecule has 2 rings (SSSR count). The van der Waals surface area contributed by atoms with Crippen LogP contribution in [0.25, 0.3) is 0 Å². The van der Waals surface area contributed by atoms with Crippen molar-refractivity contribution < 1.29 is 19.2 Å². The summed E-state index contributed by atoms with van der Waals surface area (Å²) in [5, 5.41) is 23.4. The summed E-state index contributed by atoms with van der Waals surface area (Å²) in [5.74, 6) is -1.21. The van der Waals surface area contributed by atoms with Gasteiger partial charge in [0, 0.05) is 30.1 Å². The van der Waals surface area contributed by atoms with E-state index in [-0.39, 0.29) is 18.7 Å². The van der Waals surface area contributed by atoms with Crippen LogP contribution in [0.3, 0.4) is 0 Å². The Bertz CT molecular complexity index is 976. The first-order chi connectivity index (χ1) is 15.9. The number of hydrogen-bond acceptors (Lipinski definition) is 7. The van der Waals surface area contributed by atoms with Gasteiger partial charge in [0.15, 0.2) is 0 Å². The van der Waals surface area contributed by atoms with Gasteiger partial charge < -0.3 is 15.0 Å². The Kier molecular flexibility index (Phi) is 9.61. The number of hydrogen-bond donors (Lipinski definition) is 1. The van der Waals surface area contributed by atoms with Crippen LogP contribution in [0.1, 0.15) is 64.4 Å². The van der Waals surface area contributed by atoms with Crippen LogP contribution >= 0.6 is 0 Å². The van der Waals surface area contributed by atoms with Gasteiger partial charge in [-0.3, -0.25) is 14.9 Å². The van der Waals surface area contributed by atoms with E-state index in [1.807, 2.05) is 26.8 Å². The highest BCUT2D eigenvalue weighted by Gasteiger charge is 2.38. The molecule has 1 amide bonds. The Hall–Kier alpha value is -3.67. The molecule has 9 nitrogen and oxygen atoms in total. The van der Waals surface area contributed by atoms with E-state index in [1.54, 1.807) is 17.0 Å². The maximum absolute atomic E-state index is 13.3. The van der Waals surface area contributed by atoms with Gasteiger partial charge >= 0.3 is 5.97 Å². The summed E-state index contributed by atoms with van der Waals surface area (Å²) < 4.78 is 5.41. The SMILES string of the molecule is CCCC1=C(C(=O)OCCC#N)C(c2ccc([N+](=O)[O-])cc2)C(N(C=O)CC)=C(CCC)N1. The van der Waals surface area contributed by atoms with Crippen LogP contribution in [0, 0.1) is 21.4 Å². The number of esters is 1. The summed E-state index contributed by atoms with van der Waals surface area (Å²) >= 11 is 0. The fourth-order valence-corrected chi connectivity index (χ4v) is 3.95. The molecule has 0 aromatic heterocycles. The number of nitrogens with zero attached hydrogens (tertiary/aromatic N) is 3. The van der Waals surface area contributed by atoms with Crippen LogP contribution < -0.4 is 5.32 Å². The van der Waals surface area contributed by atoms with E-state index in [4.69, 9.17) is 10.00 Å². The molecule has 33 heavy (non-hydrogen) atoms. The molecule has 1 unspecified atom stereocenters. The number of allylic oxidation sites excluding steroid dienone is 3. The van der Waals surface area contributed by atoms with Crippen LogP contribution in [0.15, 0.2) is 46.9 Å². The van der Waals surface area contributed by atoms with Gasteiger partial charge in [-0.1, -0.05) is 38.8 Å². The van der Waals surface area contributed by atoms with Crippen LogP contribution in [-0.2, 0) is 14.3 Å². The lowest BCUT2D eigenvalue weighted by Gasteiger charge is -2.37. The van der Waals surface area contributed by atoms with Crippen molar-refractivity contribution in [2.75, 3.05) is 13.2 Å². The number of carbonyl (C=O) groups is 2. The highest BCUT2D eigenvalue weighted by molar-refractivity contribution is 5.93. The molecule has 1 atom stereocenters. The lowest BCUT2D eigenvalue weighted by Crippen LogP contribution is -2.37. The average Bonchev–Trinajstić information content (AvgIpc) is 2.81. The van der Waals surface area contributed by atoms with Gasteiger partial charge in [0.2, 0.25) is 6.41 Å². The van der Waals surface area contributed by atoms with Crippen molar-refractivity contribution in [3.63, 3.8) is 0 Å². The number of ether oxygens (including phenoxy) is 1. The number of benzene rings is 1. The molecule has 1 aromatic carbocycles. The molecule has 0 saturated heterocycles. The van der Waals surface area contributed by atoms with Gasteiger partial charge in [-0.25, -0.2) is 4.79 Å². The standard InChI is InChI=1S/C24H30N4O5/c1-4-8-19-22(24(30)33-15-7-14-25)21(17-10-12-18(13-11-17)28(31)32)23(27(6-3)16-29)20(26-19)9-5-2/h10-13,16,21,26H,4-9,15H2,1-3H3. The summed E-state index contributed by atoms with van der Waals surface area (Å²) in [6, 6.07) is 7.97. The number of amides is 1. The third-order valence-electron chi connectivity index (χ3n) is 5.38. The molecule has 1 aromatic rings. The second-order valence-electron chi connectivity index (χ2n) is 7.60. The van der Waals surface area contributed by atoms with Gasteiger partial charge in [0.05, 0.1) is 34.6 Å². The third-order valence-corrected chi connectivity index (χ3v) is 5.38. The summed E-state index contributed by atoms with van der Waals surface area (Å²) in [6.45, 7) is 6.21. The molecular weight excluding hydrogens is 424 g/mol. The van der Waals surface area contributed by atoms with E-state index in [2.05, 4.69) is 5.32 Å². The highest BCUT2D eigenvalue weighted by atomic mass is 16.6. The summed E-state index contributed by atoms with van der Waals surface area (Å²) in [5.41, 5.74) is 3.12. The average molecular weight is 455 g/mol. The zero-order valence-electron chi connectivity index (χ0n) is 19.3. The second-order valence-corrected chi connectivity index (χ2v) is 7.60. The fraction of sp³-hybridized carbons (Fsp3) is 0.458. The zero-order chi connectivity index (χ0) is 24.4. The molecule has 0 fully saturated rings. The maximum Gasteiger partial charge on any atom is 0.336 e. The number of nitro benzene ring substituents is 1. The van der Waals surface area contributed by atoms with Gasteiger partial charge in [-0.05, 0) is 25.3 Å². The first-order valence-electron chi connectivity index (χ1n) is 11.2. The lowest BCUT2D eigenvalue weighted by molar-refractivity contribution is -0.384. The smallest absolute Gasteiger partial charge is 0.336 e. The van der Waals surface area contributed by atoms with Crippen molar-refractivity contribution in [1.82, 2.24) is 10.2 Å². The van der Waals surface area contributed by atoms with E-state index in [0.29, 0.717) is 41.9 Å². The maximum atomic E-state index is 13.3. The number of nitro groups is 1. The Balaban J connectivity index is 2.75. The predicted octanol–water partition coefficient (Wildman–Crippen LogP) is 4.28. The Morgan fingerprint density at radius 1 is 1.21 bits per heavy atom. The molecule has 0 saturated carbocycles. The molecule has 1 aliphatic heterocycles. The highest BCUT2D eigenvalue weighted by Crippen LogP contribution is 2.42. The van der Waals surface area contributed by atoms with Crippen LogP contribution in [-0.4, -0.2) is 35.4 Å². The Morgan fingerprint density at radius 2 is 1.85 bits per heavy atom.